The summed E-state index contributed by atoms with van der Waals surface area (Å²) in [5.41, 5.74) is 1.31. The fourth-order valence-corrected chi connectivity index (χ4v) is 2.98. The molecule has 0 radical (unpaired) electrons. The third kappa shape index (κ3) is 2.11. The second-order valence-corrected chi connectivity index (χ2v) is 4.99. The highest BCUT2D eigenvalue weighted by Gasteiger charge is 2.29. The monoisotopic (exact) mass is 261 g/mol. The van der Waals surface area contributed by atoms with Crippen molar-refractivity contribution in [2.45, 2.75) is 30.7 Å². The molecule has 0 N–H and O–H groups in total. The molecule has 1 aliphatic rings. The van der Waals surface area contributed by atoms with Gasteiger partial charge in [-0.05, 0) is 12.8 Å². The molecule has 4 heteroatoms. The molecule has 2 nitrogen and oxygen atoms in total. The Balaban J connectivity index is 2.20. The number of rotatable bonds is 4. The molecule has 2 rings (SSSR count). The van der Waals surface area contributed by atoms with Crippen molar-refractivity contribution in [1.29, 1.82) is 0 Å². The molecule has 0 saturated heterocycles. The Kier molecular flexibility index (Phi) is 3.01. The van der Waals surface area contributed by atoms with Gasteiger partial charge < -0.3 is 4.74 Å². The number of alkyl halides is 1. The van der Waals surface area contributed by atoms with Crippen LogP contribution in [0.5, 0.6) is 0 Å². The topological polar surface area (TPSA) is 22.1 Å². The molecule has 0 bridgehead atoms. The first kappa shape index (κ1) is 9.62. The van der Waals surface area contributed by atoms with Crippen LogP contribution >= 0.6 is 27.3 Å². The summed E-state index contributed by atoms with van der Waals surface area (Å²) in [4.78, 5) is 5.98. The quantitative estimate of drug-likeness (QED) is 0.778. The maximum atomic E-state index is 5.07. The van der Waals surface area contributed by atoms with Crippen molar-refractivity contribution in [2.24, 2.45) is 0 Å². The molecule has 13 heavy (non-hydrogen) atoms. The first-order valence-corrected chi connectivity index (χ1v) is 6.32. The summed E-state index contributed by atoms with van der Waals surface area (Å²) in [6, 6.07) is 0. The number of aromatic nitrogens is 1. The van der Waals surface area contributed by atoms with Gasteiger partial charge in [0.2, 0.25) is 0 Å². The molecule has 0 unspecified atom stereocenters. The second-order valence-electron chi connectivity index (χ2n) is 3.26. The Morgan fingerprint density at radius 3 is 2.92 bits per heavy atom. The minimum atomic E-state index is 0.650. The van der Waals surface area contributed by atoms with Crippen LogP contribution in [0.15, 0.2) is 0 Å². The zero-order chi connectivity index (χ0) is 9.26. The molecule has 0 aliphatic heterocycles. The van der Waals surface area contributed by atoms with Crippen molar-refractivity contribution in [3.05, 3.63) is 15.6 Å². The summed E-state index contributed by atoms with van der Waals surface area (Å²) in [5.74, 6) is 0.745. The van der Waals surface area contributed by atoms with E-state index in [9.17, 15) is 0 Å². The van der Waals surface area contributed by atoms with E-state index in [1.165, 1.54) is 23.4 Å². The Hall–Kier alpha value is 0.0700. The summed E-state index contributed by atoms with van der Waals surface area (Å²) in [6.07, 6.45) is 2.63. The predicted octanol–water partition coefficient (Wildman–Crippen LogP) is 3.06. The van der Waals surface area contributed by atoms with E-state index in [4.69, 9.17) is 4.74 Å². The number of hydrogen-bond donors (Lipinski definition) is 0. The highest BCUT2D eigenvalue weighted by molar-refractivity contribution is 9.08. The molecule has 0 atom stereocenters. The van der Waals surface area contributed by atoms with Crippen LogP contribution in [0.3, 0.4) is 0 Å². The maximum Gasteiger partial charge on any atom is 0.119 e. The van der Waals surface area contributed by atoms with E-state index in [-0.39, 0.29) is 0 Å². The zero-order valence-electron chi connectivity index (χ0n) is 7.55. The molecular weight excluding hydrogens is 250 g/mol. The standard InChI is InChI=1S/C9H12BrNOS/c1-12-5-8-11-9(6-2-3-6)7(4-10)13-8/h6H,2-5H2,1H3. The van der Waals surface area contributed by atoms with Crippen molar-refractivity contribution in [3.8, 4) is 0 Å². The van der Waals surface area contributed by atoms with Gasteiger partial charge in [-0.1, -0.05) is 15.9 Å². The molecule has 0 spiro atoms. The van der Waals surface area contributed by atoms with Crippen LogP contribution in [0, 0.1) is 0 Å². The van der Waals surface area contributed by atoms with E-state index in [2.05, 4.69) is 20.9 Å². The molecule has 1 aromatic heterocycles. The van der Waals surface area contributed by atoms with Crippen LogP contribution in [0.4, 0.5) is 0 Å². The van der Waals surface area contributed by atoms with Crippen LogP contribution in [-0.4, -0.2) is 12.1 Å². The minimum absolute atomic E-state index is 0.650. The Morgan fingerprint density at radius 2 is 2.38 bits per heavy atom. The van der Waals surface area contributed by atoms with Gasteiger partial charge in [-0.15, -0.1) is 11.3 Å². The third-order valence-corrected chi connectivity index (χ3v) is 4.10. The van der Waals surface area contributed by atoms with Gasteiger partial charge in [0.25, 0.3) is 0 Å². The molecule has 1 heterocycles. The highest BCUT2D eigenvalue weighted by Crippen LogP contribution is 2.43. The molecule has 1 saturated carbocycles. The van der Waals surface area contributed by atoms with E-state index in [1.807, 2.05) is 0 Å². The summed E-state index contributed by atoms with van der Waals surface area (Å²) in [7, 11) is 1.71. The number of methoxy groups -OCH3 is 1. The summed E-state index contributed by atoms with van der Waals surface area (Å²) in [5, 5.41) is 2.04. The van der Waals surface area contributed by atoms with Gasteiger partial charge >= 0.3 is 0 Å². The third-order valence-electron chi connectivity index (χ3n) is 2.13. The average Bonchev–Trinajstić information content (AvgIpc) is 2.89. The van der Waals surface area contributed by atoms with E-state index < -0.39 is 0 Å². The number of thiazole rings is 1. The first-order valence-electron chi connectivity index (χ1n) is 4.38. The molecule has 1 aromatic rings. The average molecular weight is 262 g/mol. The Morgan fingerprint density at radius 1 is 1.62 bits per heavy atom. The van der Waals surface area contributed by atoms with Crippen molar-refractivity contribution in [2.75, 3.05) is 7.11 Å². The van der Waals surface area contributed by atoms with Crippen LogP contribution < -0.4 is 0 Å². The van der Waals surface area contributed by atoms with Crippen LogP contribution in [0.1, 0.15) is 34.3 Å². The molecule has 0 aromatic carbocycles. The van der Waals surface area contributed by atoms with Gasteiger partial charge in [0.05, 0.1) is 12.3 Å². The Labute approximate surface area is 90.5 Å². The molecule has 1 fully saturated rings. The molecule has 1 aliphatic carbocycles. The van der Waals surface area contributed by atoms with E-state index in [0.29, 0.717) is 6.61 Å². The number of ether oxygens (including phenoxy) is 1. The maximum absolute atomic E-state index is 5.07. The lowest BCUT2D eigenvalue weighted by Gasteiger charge is -1.92. The van der Waals surface area contributed by atoms with E-state index >= 15 is 0 Å². The van der Waals surface area contributed by atoms with Crippen molar-refractivity contribution < 1.29 is 4.74 Å². The van der Waals surface area contributed by atoms with Gasteiger partial charge in [-0.3, -0.25) is 0 Å². The second kappa shape index (κ2) is 4.07. The van der Waals surface area contributed by atoms with Crippen molar-refractivity contribution >= 4 is 27.3 Å². The molecular formula is C9H12BrNOS. The number of nitrogens with zero attached hydrogens (tertiary/aromatic N) is 1. The smallest absolute Gasteiger partial charge is 0.119 e. The fraction of sp³-hybridized carbons (Fsp3) is 0.667. The van der Waals surface area contributed by atoms with Crippen LogP contribution in [-0.2, 0) is 16.7 Å². The van der Waals surface area contributed by atoms with Gasteiger partial charge in [0.15, 0.2) is 0 Å². The molecule has 72 valence electrons. The van der Waals surface area contributed by atoms with Gasteiger partial charge in [0, 0.05) is 23.2 Å². The summed E-state index contributed by atoms with van der Waals surface area (Å²) >= 11 is 5.27. The lowest BCUT2D eigenvalue weighted by atomic mass is 10.3. The summed E-state index contributed by atoms with van der Waals surface area (Å²) < 4.78 is 5.07. The largest absolute Gasteiger partial charge is 0.378 e. The van der Waals surface area contributed by atoms with Gasteiger partial charge in [-0.25, -0.2) is 4.98 Å². The lowest BCUT2D eigenvalue weighted by molar-refractivity contribution is 0.184. The first-order chi connectivity index (χ1) is 6.35. The summed E-state index contributed by atoms with van der Waals surface area (Å²) in [6.45, 7) is 0.650. The minimum Gasteiger partial charge on any atom is -0.378 e. The normalized spacial score (nSPS) is 16.5. The highest BCUT2D eigenvalue weighted by atomic mass is 79.9. The van der Waals surface area contributed by atoms with Crippen LogP contribution in [0.2, 0.25) is 0 Å². The SMILES string of the molecule is COCc1nc(C2CC2)c(CBr)s1. The number of halogens is 1. The zero-order valence-corrected chi connectivity index (χ0v) is 9.95. The van der Waals surface area contributed by atoms with E-state index in [1.54, 1.807) is 18.4 Å². The predicted molar refractivity (Wildman–Crippen MR) is 57.4 cm³/mol. The van der Waals surface area contributed by atoms with Crippen molar-refractivity contribution in [3.63, 3.8) is 0 Å². The number of hydrogen-bond acceptors (Lipinski definition) is 3. The lowest BCUT2D eigenvalue weighted by Crippen LogP contribution is -1.88. The van der Waals surface area contributed by atoms with Crippen molar-refractivity contribution in [1.82, 2.24) is 4.98 Å². The van der Waals surface area contributed by atoms with E-state index in [0.717, 1.165) is 16.3 Å². The van der Waals surface area contributed by atoms with Crippen LogP contribution in [0.25, 0.3) is 0 Å². The van der Waals surface area contributed by atoms with Gasteiger partial charge in [-0.2, -0.15) is 0 Å². The molecule has 0 amide bonds. The Bertz CT molecular complexity index is 296. The van der Waals surface area contributed by atoms with Gasteiger partial charge in [0.1, 0.15) is 5.01 Å². The fourth-order valence-electron chi connectivity index (χ4n) is 1.37.